The molecule has 0 radical (unpaired) electrons. The van der Waals surface area contributed by atoms with E-state index >= 15 is 0 Å². The molecule has 0 N–H and O–H groups in total. The average molecular weight is 295 g/mol. The number of hydrogen-bond donors (Lipinski definition) is 0. The van der Waals surface area contributed by atoms with Crippen LogP contribution in [0.1, 0.15) is 19.3 Å². The molecule has 0 amide bonds. The summed E-state index contributed by atoms with van der Waals surface area (Å²) in [5.41, 5.74) is 0. The Hall–Kier alpha value is 1.03. The summed E-state index contributed by atoms with van der Waals surface area (Å²) < 4.78 is 21.7. The van der Waals surface area contributed by atoms with E-state index in [0.29, 0.717) is 19.3 Å². The predicted octanol–water partition coefficient (Wildman–Crippen LogP) is -1.81. The minimum atomic E-state index is -2.41. The van der Waals surface area contributed by atoms with Gasteiger partial charge in [-0.25, -0.2) is 0 Å². The van der Waals surface area contributed by atoms with Crippen LogP contribution < -0.4 is 29.6 Å². The topological polar surface area (TPSA) is 74.3 Å². The van der Waals surface area contributed by atoms with E-state index in [1.54, 1.807) is 0 Å². The molecule has 4 unspecified atom stereocenters. The Kier molecular flexibility index (Phi) is 7.94. The van der Waals surface area contributed by atoms with Crippen molar-refractivity contribution < 1.29 is 47.9 Å². The first-order valence-electron chi connectivity index (χ1n) is 4.42. The van der Waals surface area contributed by atoms with Gasteiger partial charge in [0.1, 0.15) is 0 Å². The molecule has 1 saturated carbocycles. The van der Waals surface area contributed by atoms with Crippen LogP contribution in [0.25, 0.3) is 0 Å². The molecule has 4 nitrogen and oxygen atoms in total. The summed E-state index contributed by atoms with van der Waals surface area (Å²) in [4.78, 5) is 22.1. The van der Waals surface area contributed by atoms with Gasteiger partial charge in [0, 0.05) is 11.2 Å². The van der Waals surface area contributed by atoms with Crippen LogP contribution in [0.2, 0.25) is 0 Å². The molecule has 0 bridgehead atoms. The van der Waals surface area contributed by atoms with E-state index in [0.717, 1.165) is 0 Å². The Morgan fingerprint density at radius 3 is 2.12 bits per heavy atom. The van der Waals surface area contributed by atoms with Gasteiger partial charge in [0.2, 0.25) is 10.5 Å². The second-order valence-corrected chi connectivity index (χ2v) is 5.34. The van der Waals surface area contributed by atoms with E-state index < -0.39 is 38.7 Å². The van der Waals surface area contributed by atoms with E-state index in [4.69, 9.17) is 23.2 Å². The number of carbonyl (C=O) groups is 2. The van der Waals surface area contributed by atoms with Gasteiger partial charge in [-0.2, -0.15) is 0 Å². The van der Waals surface area contributed by atoms with Crippen molar-refractivity contribution in [1.82, 2.24) is 0 Å². The van der Waals surface area contributed by atoms with E-state index in [1.807, 2.05) is 0 Å². The summed E-state index contributed by atoms with van der Waals surface area (Å²) in [6, 6.07) is 0. The quantitative estimate of drug-likeness (QED) is 0.349. The zero-order chi connectivity index (χ0) is 11.6. The first-order chi connectivity index (χ1) is 6.95. The molecule has 0 aromatic carbocycles. The first-order valence-corrected chi connectivity index (χ1v) is 6.31. The molecule has 86 valence electrons. The van der Waals surface area contributed by atoms with Gasteiger partial charge in [0.05, 0.1) is 5.92 Å². The zero-order valence-corrected chi connectivity index (χ0v) is 13.0. The van der Waals surface area contributed by atoms with Crippen molar-refractivity contribution >= 4 is 44.8 Å². The molecule has 4 atom stereocenters. The summed E-state index contributed by atoms with van der Waals surface area (Å²) in [5, 5.41) is -2.39. The fourth-order valence-electron chi connectivity index (χ4n) is 1.93. The van der Waals surface area contributed by atoms with Crippen molar-refractivity contribution in [3.63, 3.8) is 0 Å². The SMILES string of the molecule is O=C(Cl)C1CCCC(S(=O)[O-])C1C(=O)Cl.[Na+]. The molecule has 0 aromatic rings. The van der Waals surface area contributed by atoms with E-state index in [9.17, 15) is 18.4 Å². The molecule has 8 heteroatoms. The number of rotatable bonds is 3. The summed E-state index contributed by atoms with van der Waals surface area (Å²) in [6.45, 7) is 0. The van der Waals surface area contributed by atoms with Crippen LogP contribution in [0.15, 0.2) is 0 Å². The fourth-order valence-corrected chi connectivity index (χ4v) is 3.47. The molecular formula is C8H9Cl2NaO4S. The van der Waals surface area contributed by atoms with Crippen molar-refractivity contribution in [3.05, 3.63) is 0 Å². The molecule has 0 aliphatic heterocycles. The summed E-state index contributed by atoms with van der Waals surface area (Å²) >= 11 is 8.22. The van der Waals surface area contributed by atoms with Gasteiger partial charge in [-0.15, -0.1) is 0 Å². The van der Waals surface area contributed by atoms with Gasteiger partial charge >= 0.3 is 29.6 Å². The van der Waals surface area contributed by atoms with Gasteiger partial charge in [0.25, 0.3) is 0 Å². The van der Waals surface area contributed by atoms with Crippen molar-refractivity contribution in [1.29, 1.82) is 0 Å². The van der Waals surface area contributed by atoms with Crippen LogP contribution in [-0.4, -0.2) is 24.5 Å². The summed E-state index contributed by atoms with van der Waals surface area (Å²) in [7, 11) is 0. The van der Waals surface area contributed by atoms with Crippen LogP contribution in [0.3, 0.4) is 0 Å². The second kappa shape index (κ2) is 7.46. The van der Waals surface area contributed by atoms with Gasteiger partial charge in [-0.05, 0) is 36.0 Å². The summed E-state index contributed by atoms with van der Waals surface area (Å²) in [5.74, 6) is -1.77. The molecule has 1 rings (SSSR count). The first kappa shape index (κ1) is 17.0. The Morgan fingerprint density at radius 2 is 1.75 bits per heavy atom. The van der Waals surface area contributed by atoms with Crippen LogP contribution in [0.4, 0.5) is 0 Å². The Balaban J connectivity index is 0.00000225. The minimum Gasteiger partial charge on any atom is -0.772 e. The Labute approximate surface area is 128 Å². The van der Waals surface area contributed by atoms with Gasteiger partial charge in [-0.1, -0.05) is 17.5 Å². The molecule has 1 aliphatic rings. The normalized spacial score (nSPS) is 31.3. The average Bonchev–Trinajstić information content (AvgIpc) is 2.16. The van der Waals surface area contributed by atoms with Crippen LogP contribution in [-0.2, 0) is 20.7 Å². The number of hydrogen-bond acceptors (Lipinski definition) is 4. The molecule has 1 aliphatic carbocycles. The third-order valence-electron chi connectivity index (χ3n) is 2.64. The fraction of sp³-hybridized carbons (Fsp3) is 0.750. The molecule has 0 aromatic heterocycles. The zero-order valence-electron chi connectivity index (χ0n) is 8.65. The standard InChI is InChI=1S/C8H10Cl2O4S.Na/c9-7(11)4-2-1-3-5(15(13)14)6(4)8(10)12;/h4-6H,1-3H2,(H,13,14);/q;+1/p-1. The molecule has 16 heavy (non-hydrogen) atoms. The van der Waals surface area contributed by atoms with Crippen LogP contribution in [0, 0.1) is 11.8 Å². The van der Waals surface area contributed by atoms with Crippen LogP contribution >= 0.6 is 23.2 Å². The maximum absolute atomic E-state index is 11.1. The van der Waals surface area contributed by atoms with Crippen molar-refractivity contribution in [2.24, 2.45) is 11.8 Å². The number of carbonyl (C=O) groups excluding carboxylic acids is 2. The second-order valence-electron chi connectivity index (χ2n) is 3.47. The minimum absolute atomic E-state index is 0. The molecule has 1 fully saturated rings. The smallest absolute Gasteiger partial charge is 0.772 e. The van der Waals surface area contributed by atoms with Crippen molar-refractivity contribution in [2.45, 2.75) is 24.5 Å². The Bertz CT molecular complexity index is 290. The molecule has 0 saturated heterocycles. The molecule has 0 heterocycles. The van der Waals surface area contributed by atoms with E-state index in [1.165, 1.54) is 0 Å². The molecular weight excluding hydrogens is 286 g/mol. The van der Waals surface area contributed by atoms with Crippen molar-refractivity contribution in [3.8, 4) is 0 Å². The Morgan fingerprint density at radius 1 is 1.19 bits per heavy atom. The maximum atomic E-state index is 11.1. The monoisotopic (exact) mass is 294 g/mol. The third kappa shape index (κ3) is 4.05. The van der Waals surface area contributed by atoms with Gasteiger partial charge in [0.15, 0.2) is 0 Å². The van der Waals surface area contributed by atoms with Gasteiger partial charge < -0.3 is 4.55 Å². The summed E-state index contributed by atoms with van der Waals surface area (Å²) in [6.07, 6.45) is 1.32. The molecule has 0 spiro atoms. The van der Waals surface area contributed by atoms with E-state index in [2.05, 4.69) is 0 Å². The largest absolute Gasteiger partial charge is 1.00 e. The maximum Gasteiger partial charge on any atom is 1.00 e. The number of halogens is 2. The predicted molar refractivity (Wildman–Crippen MR) is 55.3 cm³/mol. The van der Waals surface area contributed by atoms with Gasteiger partial charge in [-0.3, -0.25) is 13.8 Å². The third-order valence-corrected chi connectivity index (χ3v) is 4.19. The van der Waals surface area contributed by atoms with E-state index in [-0.39, 0.29) is 29.6 Å². The van der Waals surface area contributed by atoms with Crippen molar-refractivity contribution in [2.75, 3.05) is 0 Å². The van der Waals surface area contributed by atoms with Crippen LogP contribution in [0.5, 0.6) is 0 Å².